The molecule has 2 aromatic heterocycles. The number of hydrogen-bond acceptors (Lipinski definition) is 6. The molecule has 0 fully saturated rings. The van der Waals surface area contributed by atoms with Gasteiger partial charge in [-0.3, -0.25) is 14.2 Å². The predicted octanol–water partition coefficient (Wildman–Crippen LogP) is 4.92. The second-order valence-electron chi connectivity index (χ2n) is 8.09. The molecule has 5 aromatic rings. The van der Waals surface area contributed by atoms with Crippen LogP contribution in [0.4, 0.5) is 5.69 Å². The summed E-state index contributed by atoms with van der Waals surface area (Å²) in [4.78, 5) is 43.5. The highest BCUT2D eigenvalue weighted by Gasteiger charge is 2.21. The van der Waals surface area contributed by atoms with E-state index in [0.717, 1.165) is 27.7 Å². The Kier molecular flexibility index (Phi) is 6.12. The number of benzene rings is 3. The van der Waals surface area contributed by atoms with E-state index in [1.54, 1.807) is 6.92 Å². The van der Waals surface area contributed by atoms with Gasteiger partial charge in [-0.1, -0.05) is 60.7 Å². The molecule has 0 radical (unpaired) electrons. The summed E-state index contributed by atoms with van der Waals surface area (Å²) in [6.45, 7) is 1.64. The summed E-state index contributed by atoms with van der Waals surface area (Å²) in [5.74, 6) is -0.853. The fraction of sp³-hybridized carbons (Fsp3) is 0.111. The normalized spacial score (nSPS) is 11.0. The second-order valence-corrected chi connectivity index (χ2v) is 9.08. The van der Waals surface area contributed by atoms with Gasteiger partial charge in [0.1, 0.15) is 22.9 Å². The van der Waals surface area contributed by atoms with E-state index in [-0.39, 0.29) is 24.6 Å². The Morgan fingerprint density at radius 1 is 1.00 bits per heavy atom. The quantitative estimate of drug-likeness (QED) is 0.347. The third-order valence-corrected chi connectivity index (χ3v) is 6.84. The van der Waals surface area contributed by atoms with Gasteiger partial charge in [0.25, 0.3) is 5.56 Å². The number of thiophene rings is 1. The zero-order chi connectivity index (χ0) is 24.4. The number of ether oxygens (including phenoxy) is 1. The van der Waals surface area contributed by atoms with Gasteiger partial charge in [0.2, 0.25) is 5.91 Å². The van der Waals surface area contributed by atoms with E-state index in [1.807, 2.05) is 72.8 Å². The fourth-order valence-electron chi connectivity index (χ4n) is 3.88. The van der Waals surface area contributed by atoms with Gasteiger partial charge in [-0.2, -0.15) is 0 Å². The third-order valence-electron chi connectivity index (χ3n) is 5.66. The molecule has 0 spiro atoms. The van der Waals surface area contributed by atoms with Crippen LogP contribution < -0.4 is 10.9 Å². The maximum atomic E-state index is 13.1. The van der Waals surface area contributed by atoms with E-state index < -0.39 is 5.97 Å². The zero-order valence-corrected chi connectivity index (χ0v) is 19.7. The van der Waals surface area contributed by atoms with E-state index >= 15 is 0 Å². The molecule has 35 heavy (non-hydrogen) atoms. The first-order valence-electron chi connectivity index (χ1n) is 11.0. The molecule has 0 saturated carbocycles. The maximum absolute atomic E-state index is 13.1. The lowest BCUT2D eigenvalue weighted by Gasteiger charge is -2.08. The molecular formula is C27H21N3O4S. The van der Waals surface area contributed by atoms with Gasteiger partial charge in [0, 0.05) is 5.69 Å². The summed E-state index contributed by atoms with van der Waals surface area (Å²) in [5.41, 5.74) is 1.65. The average molecular weight is 484 g/mol. The molecule has 0 unspecified atom stereocenters. The lowest BCUT2D eigenvalue weighted by molar-refractivity contribution is -0.116. The molecule has 0 saturated heterocycles. The van der Waals surface area contributed by atoms with Crippen molar-refractivity contribution in [1.82, 2.24) is 9.55 Å². The molecule has 2 heterocycles. The van der Waals surface area contributed by atoms with Crippen molar-refractivity contribution in [1.29, 1.82) is 0 Å². The average Bonchev–Trinajstić information content (AvgIpc) is 3.22. The molecule has 0 aliphatic rings. The molecule has 7 nitrogen and oxygen atoms in total. The molecule has 174 valence electrons. The summed E-state index contributed by atoms with van der Waals surface area (Å²) < 4.78 is 6.67. The van der Waals surface area contributed by atoms with Gasteiger partial charge >= 0.3 is 5.97 Å². The largest absolute Gasteiger partial charge is 0.457 e. The first-order valence-corrected chi connectivity index (χ1v) is 11.8. The van der Waals surface area contributed by atoms with E-state index in [1.165, 1.54) is 10.9 Å². The van der Waals surface area contributed by atoms with E-state index in [2.05, 4.69) is 10.3 Å². The van der Waals surface area contributed by atoms with Crippen molar-refractivity contribution in [2.24, 2.45) is 0 Å². The van der Waals surface area contributed by atoms with Crippen LogP contribution in [0, 0.1) is 6.92 Å². The van der Waals surface area contributed by atoms with E-state index in [9.17, 15) is 14.4 Å². The number of carbonyl (C=O) groups is 2. The Balaban J connectivity index is 1.33. The number of rotatable bonds is 6. The monoisotopic (exact) mass is 483 g/mol. The van der Waals surface area contributed by atoms with Gasteiger partial charge in [-0.05, 0) is 41.0 Å². The Hall–Kier alpha value is -4.30. The van der Waals surface area contributed by atoms with Crippen LogP contribution in [0.2, 0.25) is 0 Å². The molecule has 0 bridgehead atoms. The number of hydrogen-bond donors (Lipinski definition) is 1. The summed E-state index contributed by atoms with van der Waals surface area (Å²) >= 11 is 1.11. The smallest absolute Gasteiger partial charge is 0.349 e. The number of aryl methyl sites for hydroxylation is 1. The first-order chi connectivity index (χ1) is 17.0. The molecule has 0 atom stereocenters. The van der Waals surface area contributed by atoms with Gasteiger partial charge in [-0.15, -0.1) is 11.3 Å². The Bertz CT molecular complexity index is 1620. The minimum Gasteiger partial charge on any atom is -0.457 e. The van der Waals surface area contributed by atoms with Gasteiger partial charge in [0.15, 0.2) is 0 Å². The molecule has 0 aliphatic carbocycles. The topological polar surface area (TPSA) is 90.3 Å². The Labute approximate surface area is 204 Å². The fourth-order valence-corrected chi connectivity index (χ4v) is 4.91. The minimum absolute atomic E-state index is 0.139. The minimum atomic E-state index is -0.505. The van der Waals surface area contributed by atoms with Gasteiger partial charge < -0.3 is 10.1 Å². The van der Waals surface area contributed by atoms with Crippen molar-refractivity contribution in [3.8, 4) is 0 Å². The van der Waals surface area contributed by atoms with Crippen molar-refractivity contribution < 1.29 is 14.3 Å². The van der Waals surface area contributed by atoms with E-state index in [4.69, 9.17) is 4.74 Å². The van der Waals surface area contributed by atoms with Crippen molar-refractivity contribution >= 4 is 49.9 Å². The molecule has 3 aromatic carbocycles. The number of esters is 1. The number of nitrogens with zero attached hydrogens (tertiary/aromatic N) is 2. The second kappa shape index (κ2) is 9.52. The number of aromatic nitrogens is 2. The van der Waals surface area contributed by atoms with Crippen LogP contribution in [-0.2, 0) is 22.7 Å². The lowest BCUT2D eigenvalue weighted by atomic mass is 10.1. The number of anilines is 1. The Morgan fingerprint density at radius 3 is 2.54 bits per heavy atom. The SMILES string of the molecule is Cc1c(C(=O)OCc2ccccc2)sc2ncn(CC(=O)Nc3ccc4ccccc4c3)c(=O)c12. The summed E-state index contributed by atoms with van der Waals surface area (Å²) in [6, 6.07) is 22.9. The number of fused-ring (bicyclic) bond motifs is 2. The van der Waals surface area contributed by atoms with Crippen LogP contribution in [0.25, 0.3) is 21.0 Å². The van der Waals surface area contributed by atoms with Gasteiger partial charge in [0.05, 0.1) is 11.7 Å². The van der Waals surface area contributed by atoms with Gasteiger partial charge in [-0.25, -0.2) is 9.78 Å². The van der Waals surface area contributed by atoms with Crippen LogP contribution in [0.3, 0.4) is 0 Å². The van der Waals surface area contributed by atoms with Crippen molar-refractivity contribution in [2.45, 2.75) is 20.1 Å². The molecule has 0 aliphatic heterocycles. The van der Waals surface area contributed by atoms with Crippen LogP contribution in [0.1, 0.15) is 20.8 Å². The summed E-state index contributed by atoms with van der Waals surface area (Å²) in [5, 5.41) is 5.23. The van der Waals surface area contributed by atoms with Crippen molar-refractivity contribution in [2.75, 3.05) is 5.32 Å². The zero-order valence-electron chi connectivity index (χ0n) is 18.9. The highest BCUT2D eigenvalue weighted by atomic mass is 32.1. The summed E-state index contributed by atoms with van der Waals surface area (Å²) in [6.07, 6.45) is 1.33. The van der Waals surface area contributed by atoms with Crippen molar-refractivity contribution in [3.05, 3.63) is 105 Å². The maximum Gasteiger partial charge on any atom is 0.349 e. The molecule has 1 N–H and O–H groups in total. The summed E-state index contributed by atoms with van der Waals surface area (Å²) in [7, 11) is 0. The standard InChI is InChI=1S/C27H21N3O4S/c1-17-23-25(35-24(17)27(33)34-15-18-7-3-2-4-8-18)28-16-30(26(23)32)14-22(31)29-21-12-11-19-9-5-6-10-20(19)13-21/h2-13,16H,14-15H2,1H3,(H,29,31). The van der Waals surface area contributed by atoms with Crippen LogP contribution in [0.5, 0.6) is 0 Å². The molecular weight excluding hydrogens is 462 g/mol. The highest BCUT2D eigenvalue weighted by Crippen LogP contribution is 2.28. The molecule has 5 rings (SSSR count). The van der Waals surface area contributed by atoms with E-state index in [0.29, 0.717) is 26.3 Å². The number of carbonyl (C=O) groups excluding carboxylic acids is 2. The number of amides is 1. The van der Waals surface area contributed by atoms with Crippen molar-refractivity contribution in [3.63, 3.8) is 0 Å². The van der Waals surface area contributed by atoms with Crippen LogP contribution >= 0.6 is 11.3 Å². The van der Waals surface area contributed by atoms with Crippen LogP contribution in [-0.4, -0.2) is 21.4 Å². The highest BCUT2D eigenvalue weighted by molar-refractivity contribution is 7.20. The first kappa shape index (κ1) is 22.5. The lowest BCUT2D eigenvalue weighted by Crippen LogP contribution is -2.27. The van der Waals surface area contributed by atoms with Crippen LogP contribution in [0.15, 0.2) is 83.9 Å². The molecule has 8 heteroatoms. The Morgan fingerprint density at radius 2 is 1.74 bits per heavy atom. The molecule has 1 amide bonds. The predicted molar refractivity (Wildman–Crippen MR) is 137 cm³/mol. The third kappa shape index (κ3) is 4.69. The number of nitrogens with one attached hydrogen (secondary N) is 1.